The van der Waals surface area contributed by atoms with Crippen LogP contribution in [0.5, 0.6) is 5.75 Å². The molecule has 1 aliphatic heterocycles. The van der Waals surface area contributed by atoms with Gasteiger partial charge < -0.3 is 30.3 Å². The third-order valence-corrected chi connectivity index (χ3v) is 6.32. The Morgan fingerprint density at radius 1 is 0.923 bits per heavy atom. The summed E-state index contributed by atoms with van der Waals surface area (Å²) in [4.78, 5) is 27.6. The van der Waals surface area contributed by atoms with Crippen molar-refractivity contribution in [3.8, 4) is 11.4 Å². The molecule has 3 aromatic carbocycles. The lowest BCUT2D eigenvalue weighted by Crippen LogP contribution is -2.36. The summed E-state index contributed by atoms with van der Waals surface area (Å²) in [6.45, 7) is 2.90. The largest absolute Gasteiger partial charge is 0.495 e. The van der Waals surface area contributed by atoms with Gasteiger partial charge in [-0.1, -0.05) is 23.7 Å². The molecular formula is C28H27ClN6O4. The lowest BCUT2D eigenvalue weighted by Gasteiger charge is -2.30. The van der Waals surface area contributed by atoms with Crippen LogP contribution in [0.2, 0.25) is 5.02 Å². The molecule has 3 N–H and O–H groups in total. The van der Waals surface area contributed by atoms with Crippen molar-refractivity contribution in [1.82, 2.24) is 9.78 Å². The van der Waals surface area contributed by atoms with Gasteiger partial charge in [0.2, 0.25) is 0 Å². The predicted molar refractivity (Wildman–Crippen MR) is 152 cm³/mol. The fraction of sp³-hybridized carbons (Fsp3) is 0.179. The number of morpholine rings is 1. The fourth-order valence-electron chi connectivity index (χ4n) is 4.20. The van der Waals surface area contributed by atoms with Crippen molar-refractivity contribution >= 4 is 46.3 Å². The summed E-state index contributed by atoms with van der Waals surface area (Å²) in [5.41, 5.74) is 3.75. The van der Waals surface area contributed by atoms with Crippen LogP contribution >= 0.6 is 11.6 Å². The van der Waals surface area contributed by atoms with E-state index in [1.807, 2.05) is 24.3 Å². The molecule has 0 aliphatic carbocycles. The van der Waals surface area contributed by atoms with Crippen molar-refractivity contribution in [2.75, 3.05) is 54.3 Å². The van der Waals surface area contributed by atoms with Crippen LogP contribution in [0.3, 0.4) is 0 Å². The molecule has 1 aliphatic rings. The quantitative estimate of drug-likeness (QED) is 0.291. The molecule has 3 amide bonds. The molecule has 0 saturated carbocycles. The van der Waals surface area contributed by atoms with E-state index in [1.165, 1.54) is 6.20 Å². The maximum Gasteiger partial charge on any atom is 0.323 e. The molecule has 0 bridgehead atoms. The number of carbonyl (C=O) groups excluding carboxylic acids is 2. The van der Waals surface area contributed by atoms with Crippen LogP contribution in [-0.2, 0) is 4.74 Å². The van der Waals surface area contributed by atoms with Crippen molar-refractivity contribution in [1.29, 1.82) is 0 Å². The molecule has 200 valence electrons. The Balaban J connectivity index is 1.24. The number of hydrogen-bond acceptors (Lipinski definition) is 6. The molecule has 11 heteroatoms. The number of ether oxygens (including phenoxy) is 2. The summed E-state index contributed by atoms with van der Waals surface area (Å²) in [5, 5.41) is 13.2. The first-order valence-corrected chi connectivity index (χ1v) is 12.7. The number of hydrogen-bond donors (Lipinski definition) is 3. The van der Waals surface area contributed by atoms with E-state index in [9.17, 15) is 9.59 Å². The second-order valence-electron chi connectivity index (χ2n) is 8.75. The van der Waals surface area contributed by atoms with Gasteiger partial charge in [-0.2, -0.15) is 5.10 Å². The van der Waals surface area contributed by atoms with E-state index >= 15 is 0 Å². The standard InChI is InChI=1S/C28H27ClN6O4/c1-38-26-16-22(8-9-25(26)34-10-12-39-13-11-34)31-27(36)19-4-2-7-24(14-19)35-18-23(17-30-35)33-28(37)32-21-6-3-5-20(29)15-21/h2-9,14-18H,10-13H2,1H3,(H,31,36)(H2,32,33,37). The molecule has 4 aromatic rings. The van der Waals surface area contributed by atoms with Gasteiger partial charge in [-0.3, -0.25) is 4.79 Å². The molecule has 0 spiro atoms. The van der Waals surface area contributed by atoms with Gasteiger partial charge in [0.15, 0.2) is 0 Å². The molecule has 1 saturated heterocycles. The Morgan fingerprint density at radius 2 is 1.69 bits per heavy atom. The maximum atomic E-state index is 13.0. The minimum absolute atomic E-state index is 0.274. The van der Waals surface area contributed by atoms with Crippen molar-refractivity contribution in [2.45, 2.75) is 0 Å². The van der Waals surface area contributed by atoms with Crippen LogP contribution in [0.15, 0.2) is 79.1 Å². The van der Waals surface area contributed by atoms with Crippen molar-refractivity contribution in [3.05, 3.63) is 89.7 Å². The Bertz CT molecular complexity index is 1480. The van der Waals surface area contributed by atoms with E-state index in [0.29, 0.717) is 52.3 Å². The van der Waals surface area contributed by atoms with Crippen LogP contribution in [0, 0.1) is 0 Å². The Hall–Kier alpha value is -4.54. The third-order valence-electron chi connectivity index (χ3n) is 6.09. The van der Waals surface area contributed by atoms with Gasteiger partial charge in [0.05, 0.1) is 49.8 Å². The average Bonchev–Trinajstić information content (AvgIpc) is 3.42. The van der Waals surface area contributed by atoms with Crippen LogP contribution in [0.1, 0.15) is 10.4 Å². The number of carbonyl (C=O) groups is 2. The van der Waals surface area contributed by atoms with E-state index in [1.54, 1.807) is 60.5 Å². The van der Waals surface area contributed by atoms with E-state index in [0.717, 1.165) is 18.8 Å². The fourth-order valence-corrected chi connectivity index (χ4v) is 4.39. The third kappa shape index (κ3) is 6.49. The van der Waals surface area contributed by atoms with Crippen LogP contribution in [-0.4, -0.2) is 55.1 Å². The summed E-state index contributed by atoms with van der Waals surface area (Å²) >= 11 is 5.96. The number of nitrogens with zero attached hydrogens (tertiary/aromatic N) is 3. The maximum absolute atomic E-state index is 13.0. The van der Waals surface area contributed by atoms with Crippen molar-refractivity contribution in [2.24, 2.45) is 0 Å². The Labute approximate surface area is 230 Å². The molecule has 0 unspecified atom stereocenters. The van der Waals surface area contributed by atoms with Crippen LogP contribution in [0.4, 0.5) is 27.5 Å². The highest BCUT2D eigenvalue weighted by Gasteiger charge is 2.17. The van der Waals surface area contributed by atoms with Gasteiger partial charge in [0, 0.05) is 41.1 Å². The van der Waals surface area contributed by atoms with Gasteiger partial charge in [-0.05, 0) is 48.5 Å². The van der Waals surface area contributed by atoms with Gasteiger partial charge in [-0.25, -0.2) is 9.48 Å². The van der Waals surface area contributed by atoms with Crippen LogP contribution < -0.4 is 25.6 Å². The minimum atomic E-state index is -0.431. The molecule has 39 heavy (non-hydrogen) atoms. The van der Waals surface area contributed by atoms with Gasteiger partial charge in [0.25, 0.3) is 5.91 Å². The minimum Gasteiger partial charge on any atom is -0.495 e. The highest BCUT2D eigenvalue weighted by molar-refractivity contribution is 6.30. The van der Waals surface area contributed by atoms with E-state index in [-0.39, 0.29) is 5.91 Å². The van der Waals surface area contributed by atoms with Crippen LogP contribution in [0.25, 0.3) is 5.69 Å². The zero-order valence-corrected chi connectivity index (χ0v) is 21.9. The lowest BCUT2D eigenvalue weighted by atomic mass is 10.1. The van der Waals surface area contributed by atoms with Crippen molar-refractivity contribution in [3.63, 3.8) is 0 Å². The van der Waals surface area contributed by atoms with Gasteiger partial charge >= 0.3 is 6.03 Å². The summed E-state index contributed by atoms with van der Waals surface area (Å²) in [7, 11) is 1.61. The van der Waals surface area contributed by atoms with E-state index in [2.05, 4.69) is 25.9 Å². The molecule has 2 heterocycles. The topological polar surface area (TPSA) is 110 Å². The highest BCUT2D eigenvalue weighted by Crippen LogP contribution is 2.32. The zero-order valence-electron chi connectivity index (χ0n) is 21.2. The normalized spacial score (nSPS) is 13.0. The molecule has 5 rings (SSSR count). The molecular weight excluding hydrogens is 520 g/mol. The van der Waals surface area contributed by atoms with E-state index in [4.69, 9.17) is 21.1 Å². The number of urea groups is 1. The summed E-state index contributed by atoms with van der Waals surface area (Å²) in [6, 6.07) is 19.1. The number of anilines is 4. The first-order chi connectivity index (χ1) is 19.0. The first-order valence-electron chi connectivity index (χ1n) is 12.3. The number of amides is 3. The molecule has 1 aromatic heterocycles. The number of nitrogens with one attached hydrogen (secondary N) is 3. The second kappa shape index (κ2) is 11.9. The number of benzene rings is 3. The highest BCUT2D eigenvalue weighted by atomic mass is 35.5. The number of rotatable bonds is 7. The zero-order chi connectivity index (χ0) is 27.2. The Morgan fingerprint density at radius 3 is 2.49 bits per heavy atom. The second-order valence-corrected chi connectivity index (χ2v) is 9.19. The van der Waals surface area contributed by atoms with Crippen molar-refractivity contribution < 1.29 is 19.1 Å². The average molecular weight is 547 g/mol. The smallest absolute Gasteiger partial charge is 0.323 e. The monoisotopic (exact) mass is 546 g/mol. The first kappa shape index (κ1) is 26.1. The number of aromatic nitrogens is 2. The van der Waals surface area contributed by atoms with E-state index < -0.39 is 6.03 Å². The molecule has 0 atom stereocenters. The molecule has 1 fully saturated rings. The summed E-state index contributed by atoms with van der Waals surface area (Å²) in [5.74, 6) is 0.406. The predicted octanol–water partition coefficient (Wildman–Crippen LogP) is 5.27. The summed E-state index contributed by atoms with van der Waals surface area (Å²) in [6.07, 6.45) is 3.18. The number of methoxy groups -OCH3 is 1. The lowest BCUT2D eigenvalue weighted by molar-refractivity contribution is 0.102. The van der Waals surface area contributed by atoms with Gasteiger partial charge in [-0.15, -0.1) is 0 Å². The summed E-state index contributed by atoms with van der Waals surface area (Å²) < 4.78 is 12.6. The molecule has 10 nitrogen and oxygen atoms in total. The molecule has 0 radical (unpaired) electrons. The SMILES string of the molecule is COc1cc(NC(=O)c2cccc(-n3cc(NC(=O)Nc4cccc(Cl)c4)cn3)c2)ccc1N1CCOCC1. The Kier molecular flexibility index (Phi) is 7.95. The van der Waals surface area contributed by atoms with Gasteiger partial charge in [0.1, 0.15) is 5.75 Å². The number of halogens is 1.